The van der Waals surface area contributed by atoms with Crippen LogP contribution in [-0.2, 0) is 11.3 Å². The average molecular weight is 445 g/mol. The van der Waals surface area contributed by atoms with E-state index in [0.717, 1.165) is 49.0 Å². The van der Waals surface area contributed by atoms with Crippen LogP contribution in [0.15, 0.2) is 53.9 Å². The molecule has 4 rings (SSSR count). The van der Waals surface area contributed by atoms with Gasteiger partial charge in [0.2, 0.25) is 5.91 Å². The Morgan fingerprint density at radius 1 is 1.10 bits per heavy atom. The second kappa shape index (κ2) is 9.66. The second-order valence-corrected chi connectivity index (χ2v) is 8.62. The summed E-state index contributed by atoms with van der Waals surface area (Å²) in [6, 6.07) is 13.6. The van der Waals surface area contributed by atoms with Gasteiger partial charge in [-0.05, 0) is 42.5 Å². The molecule has 1 amide bonds. The molecule has 1 N–H and O–H groups in total. The minimum Gasteiger partial charge on any atom is -0.325 e. The number of nitrogens with zero attached hydrogens (tertiary/aromatic N) is 3. The van der Waals surface area contributed by atoms with Gasteiger partial charge in [0.05, 0.1) is 18.8 Å². The van der Waals surface area contributed by atoms with Crippen molar-refractivity contribution in [3.05, 3.63) is 69.8 Å². The van der Waals surface area contributed by atoms with Crippen LogP contribution in [0.3, 0.4) is 0 Å². The van der Waals surface area contributed by atoms with E-state index in [2.05, 4.69) is 15.1 Å². The first-order valence-corrected chi connectivity index (χ1v) is 11.0. The first-order chi connectivity index (χ1) is 14.5. The van der Waals surface area contributed by atoms with Crippen molar-refractivity contribution in [2.45, 2.75) is 6.54 Å². The topological polar surface area (TPSA) is 48.5 Å². The SMILES string of the molecule is O=C(CN1CCN(Cc2nc(-c3ccc(F)cc3)cs2)CC1)Nc1cccc(Cl)c1. The van der Waals surface area contributed by atoms with Crippen LogP contribution in [0, 0.1) is 5.82 Å². The summed E-state index contributed by atoms with van der Waals surface area (Å²) in [6.45, 7) is 4.59. The fourth-order valence-corrected chi connectivity index (χ4v) is 4.44. The monoisotopic (exact) mass is 444 g/mol. The Balaban J connectivity index is 1.24. The Morgan fingerprint density at radius 2 is 1.83 bits per heavy atom. The van der Waals surface area contributed by atoms with E-state index in [1.165, 1.54) is 12.1 Å². The largest absolute Gasteiger partial charge is 0.325 e. The average Bonchev–Trinajstić information content (AvgIpc) is 3.18. The first-order valence-electron chi connectivity index (χ1n) is 9.76. The van der Waals surface area contributed by atoms with E-state index >= 15 is 0 Å². The van der Waals surface area contributed by atoms with E-state index < -0.39 is 0 Å². The van der Waals surface area contributed by atoms with Crippen molar-refractivity contribution in [3.8, 4) is 11.3 Å². The molecule has 1 aliphatic rings. The zero-order chi connectivity index (χ0) is 20.9. The molecule has 1 saturated heterocycles. The molecule has 1 fully saturated rings. The summed E-state index contributed by atoms with van der Waals surface area (Å²) in [7, 11) is 0. The molecule has 156 valence electrons. The maximum Gasteiger partial charge on any atom is 0.238 e. The number of anilines is 1. The van der Waals surface area contributed by atoms with Crippen molar-refractivity contribution in [1.29, 1.82) is 0 Å². The number of carbonyl (C=O) groups is 1. The van der Waals surface area contributed by atoms with Crippen LogP contribution in [0.1, 0.15) is 5.01 Å². The molecule has 0 saturated carbocycles. The van der Waals surface area contributed by atoms with E-state index in [-0.39, 0.29) is 11.7 Å². The summed E-state index contributed by atoms with van der Waals surface area (Å²) in [5.41, 5.74) is 2.52. The molecule has 0 atom stereocenters. The molecule has 3 aromatic rings. The molecule has 30 heavy (non-hydrogen) atoms. The Morgan fingerprint density at radius 3 is 2.57 bits per heavy atom. The van der Waals surface area contributed by atoms with Gasteiger partial charge in [-0.15, -0.1) is 11.3 Å². The van der Waals surface area contributed by atoms with Gasteiger partial charge in [0.1, 0.15) is 10.8 Å². The number of hydrogen-bond acceptors (Lipinski definition) is 5. The molecular formula is C22H22ClFN4OS. The van der Waals surface area contributed by atoms with Gasteiger partial charge in [0.15, 0.2) is 0 Å². The van der Waals surface area contributed by atoms with Crippen LogP contribution in [0.2, 0.25) is 5.02 Å². The molecule has 8 heteroatoms. The van der Waals surface area contributed by atoms with E-state index in [1.807, 2.05) is 17.5 Å². The van der Waals surface area contributed by atoms with E-state index in [4.69, 9.17) is 16.6 Å². The third-order valence-electron chi connectivity index (χ3n) is 4.99. The summed E-state index contributed by atoms with van der Waals surface area (Å²) in [4.78, 5) is 21.5. The molecule has 2 aromatic carbocycles. The Labute approximate surface area is 184 Å². The predicted molar refractivity (Wildman–Crippen MR) is 119 cm³/mol. The molecule has 5 nitrogen and oxygen atoms in total. The van der Waals surface area contributed by atoms with Crippen molar-refractivity contribution < 1.29 is 9.18 Å². The van der Waals surface area contributed by atoms with Crippen LogP contribution in [0.5, 0.6) is 0 Å². The highest BCUT2D eigenvalue weighted by atomic mass is 35.5. The first kappa shape index (κ1) is 20.9. The van der Waals surface area contributed by atoms with Crippen LogP contribution < -0.4 is 5.32 Å². The van der Waals surface area contributed by atoms with Crippen molar-refractivity contribution in [2.24, 2.45) is 0 Å². The second-order valence-electron chi connectivity index (χ2n) is 7.24. The Bertz CT molecular complexity index is 1000. The summed E-state index contributed by atoms with van der Waals surface area (Å²) >= 11 is 7.58. The van der Waals surface area contributed by atoms with Gasteiger partial charge in [0, 0.05) is 47.8 Å². The zero-order valence-electron chi connectivity index (χ0n) is 16.4. The molecule has 2 heterocycles. The molecule has 0 unspecified atom stereocenters. The van der Waals surface area contributed by atoms with Crippen molar-refractivity contribution in [2.75, 3.05) is 38.0 Å². The fourth-order valence-electron chi connectivity index (χ4n) is 3.40. The number of aromatic nitrogens is 1. The van der Waals surface area contributed by atoms with E-state index in [1.54, 1.807) is 35.6 Å². The summed E-state index contributed by atoms with van der Waals surface area (Å²) in [5.74, 6) is -0.275. The number of piperazine rings is 1. The number of nitrogens with one attached hydrogen (secondary N) is 1. The van der Waals surface area contributed by atoms with Gasteiger partial charge in [-0.1, -0.05) is 17.7 Å². The van der Waals surface area contributed by atoms with Crippen LogP contribution in [0.4, 0.5) is 10.1 Å². The predicted octanol–water partition coefficient (Wildman–Crippen LogP) is 4.36. The number of halogens is 2. The number of rotatable bonds is 6. The molecule has 1 aromatic heterocycles. The van der Waals surface area contributed by atoms with E-state index in [9.17, 15) is 9.18 Å². The third kappa shape index (κ3) is 5.64. The zero-order valence-corrected chi connectivity index (χ0v) is 17.9. The van der Waals surface area contributed by atoms with Gasteiger partial charge < -0.3 is 5.32 Å². The number of carbonyl (C=O) groups excluding carboxylic acids is 1. The van der Waals surface area contributed by atoms with E-state index in [0.29, 0.717) is 17.3 Å². The molecule has 0 spiro atoms. The standard InChI is InChI=1S/C22H22ClFN4OS/c23-17-2-1-3-19(12-17)25-21(29)13-27-8-10-28(11-9-27)14-22-26-20(15-30-22)16-4-6-18(24)7-5-16/h1-7,12,15H,8-11,13-14H2,(H,25,29). The molecule has 1 aliphatic heterocycles. The quantitative estimate of drug-likeness (QED) is 0.613. The minimum absolute atomic E-state index is 0.0328. The van der Waals surface area contributed by atoms with Crippen molar-refractivity contribution >= 4 is 34.5 Å². The van der Waals surface area contributed by atoms with Crippen molar-refractivity contribution in [3.63, 3.8) is 0 Å². The fraction of sp³-hybridized carbons (Fsp3) is 0.273. The normalized spacial score (nSPS) is 15.3. The Kier molecular flexibility index (Phi) is 6.74. The lowest BCUT2D eigenvalue weighted by atomic mass is 10.2. The van der Waals surface area contributed by atoms with Gasteiger partial charge in [-0.25, -0.2) is 9.37 Å². The summed E-state index contributed by atoms with van der Waals surface area (Å²) in [6.07, 6.45) is 0. The van der Waals surface area contributed by atoms with Crippen LogP contribution in [0.25, 0.3) is 11.3 Å². The number of benzene rings is 2. The lowest BCUT2D eigenvalue weighted by Gasteiger charge is -2.33. The third-order valence-corrected chi connectivity index (χ3v) is 6.06. The highest BCUT2D eigenvalue weighted by molar-refractivity contribution is 7.09. The van der Waals surface area contributed by atoms with Crippen LogP contribution in [-0.4, -0.2) is 53.4 Å². The summed E-state index contributed by atoms with van der Waals surface area (Å²) < 4.78 is 13.1. The lowest BCUT2D eigenvalue weighted by molar-refractivity contribution is -0.117. The number of thiazole rings is 1. The smallest absolute Gasteiger partial charge is 0.238 e. The number of hydrogen-bond donors (Lipinski definition) is 1. The van der Waals surface area contributed by atoms with Gasteiger partial charge in [0.25, 0.3) is 0 Å². The maximum atomic E-state index is 13.1. The lowest BCUT2D eigenvalue weighted by Crippen LogP contribution is -2.48. The molecule has 0 radical (unpaired) electrons. The van der Waals surface area contributed by atoms with Gasteiger partial charge in [-0.2, -0.15) is 0 Å². The molecule has 0 bridgehead atoms. The van der Waals surface area contributed by atoms with Gasteiger partial charge >= 0.3 is 0 Å². The van der Waals surface area contributed by atoms with Gasteiger partial charge in [-0.3, -0.25) is 14.6 Å². The molecule has 0 aliphatic carbocycles. The molecular weight excluding hydrogens is 423 g/mol. The minimum atomic E-state index is -0.242. The number of amides is 1. The van der Waals surface area contributed by atoms with Crippen molar-refractivity contribution in [1.82, 2.24) is 14.8 Å². The maximum absolute atomic E-state index is 13.1. The highest BCUT2D eigenvalue weighted by Crippen LogP contribution is 2.23. The van der Waals surface area contributed by atoms with Crippen LogP contribution >= 0.6 is 22.9 Å². The Hall–Kier alpha value is -2.32. The summed E-state index contributed by atoms with van der Waals surface area (Å²) in [5, 5.41) is 6.55. The highest BCUT2D eigenvalue weighted by Gasteiger charge is 2.20.